The molecule has 0 aliphatic heterocycles. The van der Waals surface area contributed by atoms with E-state index in [4.69, 9.17) is 4.74 Å². The standard InChI is InChI=1S/C20H21BrN2O5/c21-16-9-4-8-15(12-16)18(24)23-17(19(25)26)10-5-11-22-20(27)28-13-14-6-2-1-3-7-14/h1-4,6-9,12,17H,5,10-11,13H2,(H,22,27)(H,23,24)(H,25,26). The second-order valence-electron chi connectivity index (χ2n) is 6.01. The van der Waals surface area contributed by atoms with E-state index in [2.05, 4.69) is 26.6 Å². The number of alkyl carbamates (subject to hydrolysis) is 1. The number of hydrogen-bond donors (Lipinski definition) is 3. The largest absolute Gasteiger partial charge is 0.480 e. The van der Waals surface area contributed by atoms with Crippen LogP contribution in [0.3, 0.4) is 0 Å². The zero-order chi connectivity index (χ0) is 20.4. The van der Waals surface area contributed by atoms with Crippen molar-refractivity contribution in [1.29, 1.82) is 0 Å². The Bertz CT molecular complexity index is 813. The van der Waals surface area contributed by atoms with Gasteiger partial charge in [0.2, 0.25) is 0 Å². The van der Waals surface area contributed by atoms with E-state index >= 15 is 0 Å². The molecule has 0 aliphatic rings. The van der Waals surface area contributed by atoms with Gasteiger partial charge in [-0.15, -0.1) is 0 Å². The van der Waals surface area contributed by atoms with Crippen molar-refractivity contribution in [2.45, 2.75) is 25.5 Å². The average molecular weight is 449 g/mol. The lowest BCUT2D eigenvalue weighted by molar-refractivity contribution is -0.139. The van der Waals surface area contributed by atoms with Crippen LogP contribution in [0.4, 0.5) is 4.79 Å². The number of carboxylic acid groups (broad SMARTS) is 1. The number of carboxylic acids is 1. The highest BCUT2D eigenvalue weighted by Gasteiger charge is 2.20. The minimum absolute atomic E-state index is 0.160. The third-order valence-electron chi connectivity index (χ3n) is 3.84. The summed E-state index contributed by atoms with van der Waals surface area (Å²) in [7, 11) is 0. The normalized spacial score (nSPS) is 11.3. The van der Waals surface area contributed by atoms with Crippen LogP contribution in [0.1, 0.15) is 28.8 Å². The maximum Gasteiger partial charge on any atom is 0.407 e. The van der Waals surface area contributed by atoms with Crippen molar-refractivity contribution in [3.05, 3.63) is 70.2 Å². The lowest BCUT2D eigenvalue weighted by Gasteiger charge is -2.15. The molecule has 0 bridgehead atoms. The van der Waals surface area contributed by atoms with Gasteiger partial charge in [0.15, 0.2) is 0 Å². The van der Waals surface area contributed by atoms with Crippen molar-refractivity contribution in [2.24, 2.45) is 0 Å². The van der Waals surface area contributed by atoms with Gasteiger partial charge in [-0.2, -0.15) is 0 Å². The molecule has 0 heterocycles. The molecule has 0 aromatic heterocycles. The first-order valence-corrected chi connectivity index (χ1v) is 9.49. The van der Waals surface area contributed by atoms with Gasteiger partial charge in [-0.05, 0) is 36.6 Å². The number of carbonyl (C=O) groups excluding carboxylic acids is 2. The van der Waals surface area contributed by atoms with E-state index in [1.807, 2.05) is 30.3 Å². The first-order chi connectivity index (χ1) is 13.5. The molecule has 2 aromatic rings. The third kappa shape index (κ3) is 7.40. The highest BCUT2D eigenvalue weighted by molar-refractivity contribution is 9.10. The number of benzene rings is 2. The van der Waals surface area contributed by atoms with Gasteiger partial charge < -0.3 is 20.5 Å². The summed E-state index contributed by atoms with van der Waals surface area (Å²) in [5, 5.41) is 14.4. The number of carbonyl (C=O) groups is 3. The predicted octanol–water partition coefficient (Wildman–Crippen LogP) is 3.34. The van der Waals surface area contributed by atoms with E-state index < -0.39 is 24.0 Å². The lowest BCUT2D eigenvalue weighted by atomic mass is 10.1. The molecule has 0 radical (unpaired) electrons. The summed E-state index contributed by atoms with van der Waals surface area (Å²) < 4.78 is 5.80. The van der Waals surface area contributed by atoms with E-state index in [1.54, 1.807) is 24.3 Å². The molecule has 0 spiro atoms. The molecule has 1 unspecified atom stereocenters. The summed E-state index contributed by atoms with van der Waals surface area (Å²) in [6, 6.07) is 14.9. The minimum atomic E-state index is -1.13. The van der Waals surface area contributed by atoms with Crippen LogP contribution in [0.5, 0.6) is 0 Å². The summed E-state index contributed by atoms with van der Waals surface area (Å²) in [6.45, 7) is 0.400. The summed E-state index contributed by atoms with van der Waals surface area (Å²) in [5.41, 5.74) is 1.24. The van der Waals surface area contributed by atoms with E-state index in [0.29, 0.717) is 12.0 Å². The van der Waals surface area contributed by atoms with Crippen molar-refractivity contribution < 1.29 is 24.2 Å². The lowest BCUT2D eigenvalue weighted by Crippen LogP contribution is -2.41. The zero-order valence-electron chi connectivity index (χ0n) is 15.1. The van der Waals surface area contributed by atoms with Crippen LogP contribution < -0.4 is 10.6 Å². The number of halogens is 1. The van der Waals surface area contributed by atoms with Gasteiger partial charge in [0.25, 0.3) is 5.91 Å². The molecule has 2 amide bonds. The molecule has 0 saturated heterocycles. The van der Waals surface area contributed by atoms with Crippen LogP contribution in [0, 0.1) is 0 Å². The molecule has 0 saturated carbocycles. The maximum absolute atomic E-state index is 12.2. The first kappa shape index (κ1) is 21.4. The highest BCUT2D eigenvalue weighted by Crippen LogP contribution is 2.12. The molecular weight excluding hydrogens is 428 g/mol. The molecule has 0 aliphatic carbocycles. The van der Waals surface area contributed by atoms with Crippen molar-refractivity contribution in [3.8, 4) is 0 Å². The molecule has 3 N–H and O–H groups in total. The predicted molar refractivity (Wildman–Crippen MR) is 107 cm³/mol. The van der Waals surface area contributed by atoms with Crippen LogP contribution >= 0.6 is 15.9 Å². The van der Waals surface area contributed by atoms with Crippen LogP contribution in [0.2, 0.25) is 0 Å². The number of ether oxygens (including phenoxy) is 1. The SMILES string of the molecule is O=C(NCCCC(NC(=O)c1cccc(Br)c1)C(=O)O)OCc1ccccc1. The van der Waals surface area contributed by atoms with Crippen LogP contribution in [0.15, 0.2) is 59.1 Å². The van der Waals surface area contributed by atoms with E-state index in [0.717, 1.165) is 10.0 Å². The van der Waals surface area contributed by atoms with E-state index in [1.165, 1.54) is 0 Å². The fourth-order valence-corrected chi connectivity index (χ4v) is 2.80. The first-order valence-electron chi connectivity index (χ1n) is 8.69. The molecule has 28 heavy (non-hydrogen) atoms. The Morgan fingerprint density at radius 2 is 1.82 bits per heavy atom. The number of amides is 2. The van der Waals surface area contributed by atoms with E-state index in [-0.39, 0.29) is 19.6 Å². The summed E-state index contributed by atoms with van der Waals surface area (Å²) in [4.78, 5) is 35.2. The average Bonchev–Trinajstić information content (AvgIpc) is 2.69. The van der Waals surface area contributed by atoms with Gasteiger partial charge in [-0.25, -0.2) is 9.59 Å². The fourth-order valence-electron chi connectivity index (χ4n) is 2.40. The van der Waals surface area contributed by atoms with Crippen molar-refractivity contribution in [2.75, 3.05) is 6.54 Å². The van der Waals surface area contributed by atoms with Gasteiger partial charge in [0.1, 0.15) is 12.6 Å². The number of nitrogens with one attached hydrogen (secondary N) is 2. The van der Waals surface area contributed by atoms with Crippen molar-refractivity contribution >= 4 is 33.9 Å². The Kier molecular flexibility index (Phi) is 8.48. The van der Waals surface area contributed by atoms with E-state index in [9.17, 15) is 19.5 Å². The Balaban J connectivity index is 1.72. The van der Waals surface area contributed by atoms with Crippen molar-refractivity contribution in [1.82, 2.24) is 10.6 Å². The van der Waals surface area contributed by atoms with Crippen LogP contribution in [-0.4, -0.2) is 35.7 Å². The molecule has 2 rings (SSSR count). The molecule has 1 atom stereocenters. The monoisotopic (exact) mass is 448 g/mol. The molecule has 148 valence electrons. The molecule has 7 nitrogen and oxygen atoms in total. The van der Waals surface area contributed by atoms with Gasteiger partial charge >= 0.3 is 12.1 Å². The Morgan fingerprint density at radius 3 is 2.50 bits per heavy atom. The molecule has 2 aromatic carbocycles. The van der Waals surface area contributed by atoms with Crippen LogP contribution in [-0.2, 0) is 16.1 Å². The topological polar surface area (TPSA) is 105 Å². The van der Waals surface area contributed by atoms with Crippen LogP contribution in [0.25, 0.3) is 0 Å². The van der Waals surface area contributed by atoms with Gasteiger partial charge in [0, 0.05) is 16.6 Å². The Labute approximate surface area is 171 Å². The molecule has 0 fully saturated rings. The number of hydrogen-bond acceptors (Lipinski definition) is 4. The second-order valence-corrected chi connectivity index (χ2v) is 6.92. The molecular formula is C20H21BrN2O5. The maximum atomic E-state index is 12.2. The second kappa shape index (κ2) is 11.1. The minimum Gasteiger partial charge on any atom is -0.480 e. The zero-order valence-corrected chi connectivity index (χ0v) is 16.6. The quantitative estimate of drug-likeness (QED) is 0.510. The van der Waals surface area contributed by atoms with Crippen molar-refractivity contribution in [3.63, 3.8) is 0 Å². The fraction of sp³-hybridized carbons (Fsp3) is 0.250. The van der Waals surface area contributed by atoms with Gasteiger partial charge in [-0.3, -0.25) is 4.79 Å². The molecule has 8 heteroatoms. The Morgan fingerprint density at radius 1 is 1.07 bits per heavy atom. The van der Waals surface area contributed by atoms with Gasteiger partial charge in [-0.1, -0.05) is 52.3 Å². The summed E-state index contributed by atoms with van der Waals surface area (Å²) >= 11 is 3.27. The summed E-state index contributed by atoms with van der Waals surface area (Å²) in [6.07, 6.45) is -0.0293. The highest BCUT2D eigenvalue weighted by atomic mass is 79.9. The smallest absolute Gasteiger partial charge is 0.407 e. The number of aliphatic carboxylic acids is 1. The van der Waals surface area contributed by atoms with Gasteiger partial charge in [0.05, 0.1) is 0 Å². The third-order valence-corrected chi connectivity index (χ3v) is 4.34. The number of rotatable bonds is 9. The Hall–Kier alpha value is -2.87. The summed E-state index contributed by atoms with van der Waals surface area (Å²) in [5.74, 6) is -1.60.